The van der Waals surface area contributed by atoms with Crippen LogP contribution >= 0.6 is 27.3 Å². The van der Waals surface area contributed by atoms with Crippen molar-refractivity contribution in [1.29, 1.82) is 0 Å². The highest BCUT2D eigenvalue weighted by molar-refractivity contribution is 9.11. The SMILES string of the molecule is C[C@@H](C(=O)N1CCC(C(=O)O)CC1)c1ccc(Br)s1. The topological polar surface area (TPSA) is 57.6 Å². The van der Waals surface area contributed by atoms with E-state index in [-0.39, 0.29) is 17.7 Å². The first-order valence-corrected chi connectivity index (χ1v) is 7.87. The zero-order chi connectivity index (χ0) is 14.0. The third-order valence-electron chi connectivity index (χ3n) is 3.55. The molecule has 1 amide bonds. The normalized spacial score (nSPS) is 18.3. The van der Waals surface area contributed by atoms with E-state index in [9.17, 15) is 9.59 Å². The highest BCUT2D eigenvalue weighted by Gasteiger charge is 2.29. The summed E-state index contributed by atoms with van der Waals surface area (Å²) in [4.78, 5) is 26.1. The van der Waals surface area contributed by atoms with Gasteiger partial charge in [0.1, 0.15) is 0 Å². The first-order chi connectivity index (χ1) is 8.99. The van der Waals surface area contributed by atoms with Gasteiger partial charge in [-0.1, -0.05) is 0 Å². The molecular weight excluding hydrogens is 330 g/mol. The average molecular weight is 346 g/mol. The Bertz CT molecular complexity index is 480. The number of hydrogen-bond donors (Lipinski definition) is 1. The van der Waals surface area contributed by atoms with Crippen LogP contribution in [0.3, 0.4) is 0 Å². The maximum atomic E-state index is 12.4. The number of carbonyl (C=O) groups is 2. The molecule has 1 aliphatic rings. The standard InChI is InChI=1S/C13H16BrNO3S/c1-8(10-2-3-11(14)19-10)12(16)15-6-4-9(5-7-15)13(17)18/h2-3,8-9H,4-7H2,1H3,(H,17,18)/t8-/m1/s1. The van der Waals surface area contributed by atoms with Gasteiger partial charge in [0.25, 0.3) is 0 Å². The predicted molar refractivity (Wildman–Crippen MR) is 77.4 cm³/mol. The van der Waals surface area contributed by atoms with Crippen LogP contribution in [0.4, 0.5) is 0 Å². The lowest BCUT2D eigenvalue weighted by molar-refractivity contribution is -0.145. The van der Waals surface area contributed by atoms with Gasteiger partial charge >= 0.3 is 5.97 Å². The van der Waals surface area contributed by atoms with Crippen molar-refractivity contribution in [3.63, 3.8) is 0 Å². The quantitative estimate of drug-likeness (QED) is 0.916. The molecule has 1 aromatic rings. The van der Waals surface area contributed by atoms with E-state index in [1.54, 1.807) is 16.2 Å². The van der Waals surface area contributed by atoms with Gasteiger partial charge in [-0.3, -0.25) is 9.59 Å². The fraction of sp³-hybridized carbons (Fsp3) is 0.538. The van der Waals surface area contributed by atoms with Crippen LogP contribution in [-0.2, 0) is 9.59 Å². The lowest BCUT2D eigenvalue weighted by Gasteiger charge is -2.31. The largest absolute Gasteiger partial charge is 0.481 e. The number of aliphatic carboxylic acids is 1. The Morgan fingerprint density at radius 1 is 1.42 bits per heavy atom. The zero-order valence-electron chi connectivity index (χ0n) is 10.6. The van der Waals surface area contributed by atoms with Crippen LogP contribution in [0.15, 0.2) is 15.9 Å². The second-order valence-electron chi connectivity index (χ2n) is 4.80. The summed E-state index contributed by atoms with van der Waals surface area (Å²) >= 11 is 4.97. The average Bonchev–Trinajstić information content (AvgIpc) is 2.84. The number of halogens is 1. The highest BCUT2D eigenvalue weighted by Crippen LogP contribution is 2.30. The molecule has 6 heteroatoms. The van der Waals surface area contributed by atoms with E-state index in [2.05, 4.69) is 15.9 Å². The summed E-state index contributed by atoms with van der Waals surface area (Å²) in [5, 5.41) is 8.95. The van der Waals surface area contributed by atoms with Crippen LogP contribution in [-0.4, -0.2) is 35.0 Å². The van der Waals surface area contributed by atoms with E-state index in [4.69, 9.17) is 5.11 Å². The van der Waals surface area contributed by atoms with Gasteiger partial charge in [0, 0.05) is 18.0 Å². The first-order valence-electron chi connectivity index (χ1n) is 6.26. The monoisotopic (exact) mass is 345 g/mol. The Hall–Kier alpha value is -0.880. The number of amides is 1. The molecule has 19 heavy (non-hydrogen) atoms. The number of nitrogens with zero attached hydrogens (tertiary/aromatic N) is 1. The Labute approximate surface area is 124 Å². The number of thiophene rings is 1. The summed E-state index contributed by atoms with van der Waals surface area (Å²) in [7, 11) is 0. The van der Waals surface area contributed by atoms with Crippen molar-refractivity contribution in [2.75, 3.05) is 13.1 Å². The molecule has 0 aromatic carbocycles. The second-order valence-corrected chi connectivity index (χ2v) is 7.30. The van der Waals surface area contributed by atoms with E-state index < -0.39 is 5.97 Å². The summed E-state index contributed by atoms with van der Waals surface area (Å²) in [6.45, 7) is 3.00. The van der Waals surface area contributed by atoms with Crippen molar-refractivity contribution >= 4 is 39.1 Å². The van der Waals surface area contributed by atoms with Crippen molar-refractivity contribution in [2.24, 2.45) is 5.92 Å². The summed E-state index contributed by atoms with van der Waals surface area (Å²) in [5.41, 5.74) is 0. The lowest BCUT2D eigenvalue weighted by Crippen LogP contribution is -2.41. The summed E-state index contributed by atoms with van der Waals surface area (Å²) in [6, 6.07) is 3.90. The van der Waals surface area contributed by atoms with E-state index in [0.29, 0.717) is 25.9 Å². The number of carboxylic acid groups (broad SMARTS) is 1. The number of carboxylic acids is 1. The molecule has 4 nitrogen and oxygen atoms in total. The molecule has 2 rings (SSSR count). The highest BCUT2D eigenvalue weighted by atomic mass is 79.9. The minimum Gasteiger partial charge on any atom is -0.481 e. The van der Waals surface area contributed by atoms with E-state index in [0.717, 1.165) is 8.66 Å². The van der Waals surface area contributed by atoms with E-state index >= 15 is 0 Å². The van der Waals surface area contributed by atoms with Crippen molar-refractivity contribution < 1.29 is 14.7 Å². The predicted octanol–water partition coefficient (Wildman–Crippen LogP) is 2.94. The maximum Gasteiger partial charge on any atom is 0.306 e. The van der Waals surface area contributed by atoms with Gasteiger partial charge in [-0.2, -0.15) is 0 Å². The molecule has 0 spiro atoms. The van der Waals surface area contributed by atoms with Crippen LogP contribution < -0.4 is 0 Å². The van der Waals surface area contributed by atoms with E-state index in [1.807, 2.05) is 19.1 Å². The molecule has 0 radical (unpaired) electrons. The summed E-state index contributed by atoms with van der Waals surface area (Å²) in [6.07, 6.45) is 1.11. The molecule has 2 heterocycles. The van der Waals surface area contributed by atoms with Crippen molar-refractivity contribution in [3.8, 4) is 0 Å². The van der Waals surface area contributed by atoms with Gasteiger partial charge in [0.05, 0.1) is 15.6 Å². The molecule has 1 atom stereocenters. The van der Waals surface area contributed by atoms with Gasteiger partial charge in [-0.25, -0.2) is 0 Å². The molecule has 1 saturated heterocycles. The van der Waals surface area contributed by atoms with Crippen LogP contribution in [0.5, 0.6) is 0 Å². The van der Waals surface area contributed by atoms with Crippen molar-refractivity contribution in [2.45, 2.75) is 25.7 Å². The van der Waals surface area contributed by atoms with Crippen LogP contribution in [0.1, 0.15) is 30.6 Å². The van der Waals surface area contributed by atoms with Crippen molar-refractivity contribution in [3.05, 3.63) is 20.8 Å². The first kappa shape index (κ1) is 14.5. The molecule has 1 aliphatic heterocycles. The molecule has 0 saturated carbocycles. The van der Waals surface area contributed by atoms with Gasteiger partial charge < -0.3 is 10.0 Å². The van der Waals surface area contributed by atoms with Gasteiger partial charge in [0.2, 0.25) is 5.91 Å². The van der Waals surface area contributed by atoms with Crippen molar-refractivity contribution in [1.82, 2.24) is 4.90 Å². The van der Waals surface area contributed by atoms with Crippen LogP contribution in [0.25, 0.3) is 0 Å². The molecular formula is C13H16BrNO3S. The number of hydrogen-bond acceptors (Lipinski definition) is 3. The van der Waals surface area contributed by atoms with E-state index in [1.165, 1.54) is 0 Å². The molecule has 1 fully saturated rings. The molecule has 1 N–H and O–H groups in total. The van der Waals surface area contributed by atoms with Crippen LogP contribution in [0, 0.1) is 5.92 Å². The fourth-order valence-corrected chi connectivity index (χ4v) is 3.77. The minimum absolute atomic E-state index is 0.0955. The number of piperidine rings is 1. The lowest BCUT2D eigenvalue weighted by atomic mass is 9.96. The van der Waals surface area contributed by atoms with Gasteiger partial charge in [0.15, 0.2) is 0 Å². The maximum absolute atomic E-state index is 12.4. The third-order valence-corrected chi connectivity index (χ3v) is 5.35. The van der Waals surface area contributed by atoms with Gasteiger partial charge in [-0.05, 0) is 47.8 Å². The summed E-state index contributed by atoms with van der Waals surface area (Å²) in [5.74, 6) is -1.10. The number of likely N-dealkylation sites (tertiary alicyclic amines) is 1. The zero-order valence-corrected chi connectivity index (χ0v) is 13.0. The summed E-state index contributed by atoms with van der Waals surface area (Å²) < 4.78 is 1.02. The smallest absolute Gasteiger partial charge is 0.306 e. The second kappa shape index (κ2) is 6.05. The molecule has 1 aromatic heterocycles. The third kappa shape index (κ3) is 3.36. The van der Waals surface area contributed by atoms with Gasteiger partial charge in [-0.15, -0.1) is 11.3 Å². The molecule has 0 aliphatic carbocycles. The Morgan fingerprint density at radius 3 is 2.53 bits per heavy atom. The minimum atomic E-state index is -0.748. The fourth-order valence-electron chi connectivity index (χ4n) is 2.30. The molecule has 0 unspecified atom stereocenters. The Balaban J connectivity index is 1.96. The Kier molecular flexibility index (Phi) is 4.62. The van der Waals surface area contributed by atoms with Crippen LogP contribution in [0.2, 0.25) is 0 Å². The molecule has 0 bridgehead atoms. The Morgan fingerprint density at radius 2 is 2.05 bits per heavy atom. The number of carbonyl (C=O) groups excluding carboxylic acids is 1. The number of rotatable bonds is 3. The molecule has 104 valence electrons.